The summed E-state index contributed by atoms with van der Waals surface area (Å²) in [6.45, 7) is 0. The van der Waals surface area contributed by atoms with Crippen molar-refractivity contribution in [2.75, 3.05) is 0 Å². The molecule has 2 N–H and O–H groups in total. The molecule has 0 aliphatic heterocycles. The number of nitrogens with two attached hydrogens (primary N) is 1. The van der Waals surface area contributed by atoms with Crippen molar-refractivity contribution in [3.05, 3.63) is 39.7 Å². The summed E-state index contributed by atoms with van der Waals surface area (Å²) in [4.78, 5) is 9.81. The molecule has 0 atom stereocenters. The zero-order valence-electron chi connectivity index (χ0n) is 8.07. The molecule has 5 heteroatoms. The minimum absolute atomic E-state index is 0.488. The maximum Gasteiger partial charge on any atom is 0.305 e. The number of rotatable bonds is 2. The Hall–Kier alpha value is -1.49. The van der Waals surface area contributed by atoms with Crippen LogP contribution in [0, 0.1) is 15.9 Å². The number of nitro groups is 1. The molecule has 1 aromatic rings. The first kappa shape index (κ1) is 10.0. The fraction of sp³-hybridized carbons (Fsp3) is 0.400. The molecule has 1 fully saturated rings. The lowest BCUT2D eigenvalue weighted by molar-refractivity contribution is -0.387. The molecule has 0 bridgehead atoms. The largest absolute Gasteiger partial charge is 0.321 e. The van der Waals surface area contributed by atoms with Crippen LogP contribution in [0.1, 0.15) is 24.8 Å². The molecule has 15 heavy (non-hydrogen) atoms. The van der Waals surface area contributed by atoms with Gasteiger partial charge < -0.3 is 5.73 Å². The number of halogens is 1. The highest BCUT2D eigenvalue weighted by molar-refractivity contribution is 5.40. The summed E-state index contributed by atoms with van der Waals surface area (Å²) < 4.78 is 13.0. The lowest BCUT2D eigenvalue weighted by Crippen LogP contribution is -2.43. The number of nitrogens with zero attached hydrogens (tertiary/aromatic N) is 1. The lowest BCUT2D eigenvalue weighted by atomic mass is 9.73. The van der Waals surface area contributed by atoms with Gasteiger partial charge >= 0.3 is 5.69 Å². The van der Waals surface area contributed by atoms with Crippen LogP contribution in [0.5, 0.6) is 0 Å². The first-order chi connectivity index (χ1) is 7.03. The fourth-order valence-corrected chi connectivity index (χ4v) is 1.81. The van der Waals surface area contributed by atoms with E-state index >= 15 is 0 Å². The highest BCUT2D eigenvalue weighted by Gasteiger charge is 2.35. The average molecular weight is 210 g/mol. The summed E-state index contributed by atoms with van der Waals surface area (Å²) in [5, 5.41) is 10.5. The molecule has 0 heterocycles. The highest BCUT2D eigenvalue weighted by atomic mass is 19.1. The van der Waals surface area contributed by atoms with E-state index in [2.05, 4.69) is 0 Å². The average Bonchev–Trinajstić information content (AvgIpc) is 2.14. The van der Waals surface area contributed by atoms with E-state index in [4.69, 9.17) is 5.73 Å². The third-order valence-electron chi connectivity index (χ3n) is 2.96. The van der Waals surface area contributed by atoms with E-state index in [1.807, 2.05) is 0 Å². The summed E-state index contributed by atoms with van der Waals surface area (Å²) in [6, 6.07) is 3.89. The Balaban J connectivity index is 2.42. The van der Waals surface area contributed by atoms with Gasteiger partial charge in [0.15, 0.2) is 0 Å². The summed E-state index contributed by atoms with van der Waals surface area (Å²) in [6.07, 6.45) is 2.62. The van der Waals surface area contributed by atoms with Gasteiger partial charge in [-0.3, -0.25) is 10.1 Å². The van der Waals surface area contributed by atoms with Gasteiger partial charge in [-0.15, -0.1) is 0 Å². The molecule has 0 saturated heterocycles. The standard InChI is InChI=1S/C10H11FN2O2/c11-8-3-2-7(6-9(8)13(14)15)10(12)4-1-5-10/h2-3,6H,1,4-5,12H2. The molecule has 4 nitrogen and oxygen atoms in total. The molecule has 80 valence electrons. The Bertz CT molecular complexity index is 416. The van der Waals surface area contributed by atoms with Crippen molar-refractivity contribution in [1.29, 1.82) is 0 Å². The molecule has 1 aliphatic rings. The van der Waals surface area contributed by atoms with Crippen molar-refractivity contribution in [2.24, 2.45) is 5.73 Å². The van der Waals surface area contributed by atoms with E-state index < -0.39 is 22.0 Å². The SMILES string of the molecule is NC1(c2ccc(F)c([N+](=O)[O-])c2)CCC1. The van der Waals surface area contributed by atoms with Crippen molar-refractivity contribution < 1.29 is 9.31 Å². The van der Waals surface area contributed by atoms with E-state index in [0.717, 1.165) is 25.3 Å². The molecular weight excluding hydrogens is 199 g/mol. The predicted molar refractivity (Wildman–Crippen MR) is 52.8 cm³/mol. The van der Waals surface area contributed by atoms with E-state index in [-0.39, 0.29) is 0 Å². The Labute approximate surface area is 86.0 Å². The molecule has 0 aromatic heterocycles. The van der Waals surface area contributed by atoms with Crippen LogP contribution in [0.3, 0.4) is 0 Å². The van der Waals surface area contributed by atoms with Crippen molar-refractivity contribution in [2.45, 2.75) is 24.8 Å². The van der Waals surface area contributed by atoms with Gasteiger partial charge in [0.05, 0.1) is 4.92 Å². The maximum atomic E-state index is 13.0. The fourth-order valence-electron chi connectivity index (χ4n) is 1.81. The van der Waals surface area contributed by atoms with Crippen molar-refractivity contribution in [3.8, 4) is 0 Å². The number of benzene rings is 1. The second-order valence-electron chi connectivity index (χ2n) is 3.93. The van der Waals surface area contributed by atoms with Crippen LogP contribution in [-0.4, -0.2) is 4.92 Å². The Kier molecular flexibility index (Phi) is 2.19. The van der Waals surface area contributed by atoms with Gasteiger partial charge in [-0.25, -0.2) is 0 Å². The first-order valence-electron chi connectivity index (χ1n) is 4.76. The van der Waals surface area contributed by atoms with Crippen LogP contribution in [0.4, 0.5) is 10.1 Å². The topological polar surface area (TPSA) is 69.2 Å². The summed E-state index contributed by atoms with van der Waals surface area (Å²) >= 11 is 0. The number of nitro benzene ring substituents is 1. The van der Waals surface area contributed by atoms with Crippen molar-refractivity contribution >= 4 is 5.69 Å². The van der Waals surface area contributed by atoms with Crippen LogP contribution in [0.15, 0.2) is 18.2 Å². The van der Waals surface area contributed by atoms with Crippen molar-refractivity contribution in [3.63, 3.8) is 0 Å². The molecule has 1 saturated carbocycles. The zero-order valence-corrected chi connectivity index (χ0v) is 8.07. The van der Waals surface area contributed by atoms with Gasteiger partial charge in [-0.1, -0.05) is 6.07 Å². The Morgan fingerprint density at radius 3 is 2.60 bits per heavy atom. The molecule has 0 unspecified atom stereocenters. The minimum atomic E-state index is -0.813. The molecular formula is C10H11FN2O2. The molecule has 0 radical (unpaired) electrons. The molecule has 2 rings (SSSR count). The third kappa shape index (κ3) is 1.59. The molecule has 1 aromatic carbocycles. The highest BCUT2D eigenvalue weighted by Crippen LogP contribution is 2.39. The number of hydrogen-bond acceptors (Lipinski definition) is 3. The Morgan fingerprint density at radius 2 is 2.13 bits per heavy atom. The summed E-state index contributed by atoms with van der Waals surface area (Å²) in [7, 11) is 0. The predicted octanol–water partition coefficient (Wildman–Crippen LogP) is 2.07. The smallest absolute Gasteiger partial charge is 0.305 e. The van der Waals surface area contributed by atoms with Gasteiger partial charge in [-0.2, -0.15) is 4.39 Å². The summed E-state index contributed by atoms with van der Waals surface area (Å²) in [5.41, 5.74) is 5.67. The maximum absolute atomic E-state index is 13.0. The molecule has 0 spiro atoms. The van der Waals surface area contributed by atoms with E-state index in [9.17, 15) is 14.5 Å². The van der Waals surface area contributed by atoms with E-state index in [0.29, 0.717) is 5.56 Å². The zero-order chi connectivity index (χ0) is 11.1. The Morgan fingerprint density at radius 1 is 1.47 bits per heavy atom. The second kappa shape index (κ2) is 3.27. The number of hydrogen-bond donors (Lipinski definition) is 1. The van der Waals surface area contributed by atoms with Crippen LogP contribution in [-0.2, 0) is 5.54 Å². The van der Waals surface area contributed by atoms with Crippen LogP contribution in [0.25, 0.3) is 0 Å². The first-order valence-corrected chi connectivity index (χ1v) is 4.76. The molecule has 1 aliphatic carbocycles. The van der Waals surface area contributed by atoms with Crippen LogP contribution < -0.4 is 5.73 Å². The monoisotopic (exact) mass is 210 g/mol. The van der Waals surface area contributed by atoms with Gasteiger partial charge in [0, 0.05) is 11.6 Å². The van der Waals surface area contributed by atoms with E-state index in [1.165, 1.54) is 12.1 Å². The van der Waals surface area contributed by atoms with Crippen LogP contribution >= 0.6 is 0 Å². The summed E-state index contributed by atoms with van der Waals surface area (Å²) in [5.74, 6) is -0.813. The van der Waals surface area contributed by atoms with Gasteiger partial charge in [-0.05, 0) is 30.9 Å². The lowest BCUT2D eigenvalue weighted by Gasteiger charge is -2.38. The van der Waals surface area contributed by atoms with Crippen molar-refractivity contribution in [1.82, 2.24) is 0 Å². The van der Waals surface area contributed by atoms with Gasteiger partial charge in [0.2, 0.25) is 5.82 Å². The normalized spacial score (nSPS) is 18.3. The third-order valence-corrected chi connectivity index (χ3v) is 2.96. The van der Waals surface area contributed by atoms with E-state index in [1.54, 1.807) is 0 Å². The quantitative estimate of drug-likeness (QED) is 0.600. The second-order valence-corrected chi connectivity index (χ2v) is 3.93. The van der Waals surface area contributed by atoms with Gasteiger partial charge in [0.25, 0.3) is 0 Å². The van der Waals surface area contributed by atoms with Crippen LogP contribution in [0.2, 0.25) is 0 Å². The molecule has 0 amide bonds. The van der Waals surface area contributed by atoms with Gasteiger partial charge in [0.1, 0.15) is 0 Å². The minimum Gasteiger partial charge on any atom is -0.321 e.